The summed E-state index contributed by atoms with van der Waals surface area (Å²) >= 11 is 1.69. The second-order valence-electron chi connectivity index (χ2n) is 3.69. The van der Waals surface area contributed by atoms with Gasteiger partial charge in [0.2, 0.25) is 0 Å². The molecular formula is C13H15NO3S2. The molecule has 6 heteroatoms. The summed E-state index contributed by atoms with van der Waals surface area (Å²) in [5.74, 6) is 0. The van der Waals surface area contributed by atoms with Crippen molar-refractivity contribution in [3.63, 3.8) is 0 Å². The maximum Gasteiger partial charge on any atom is 0.183 e. The van der Waals surface area contributed by atoms with Crippen molar-refractivity contribution in [1.82, 2.24) is 0 Å². The number of aromatic nitrogens is 1. The van der Waals surface area contributed by atoms with Crippen molar-refractivity contribution in [3.05, 3.63) is 60.4 Å². The van der Waals surface area contributed by atoms with E-state index >= 15 is 0 Å². The van der Waals surface area contributed by atoms with Crippen molar-refractivity contribution in [2.45, 2.75) is 11.8 Å². The van der Waals surface area contributed by atoms with Crippen LogP contribution in [0.4, 0.5) is 0 Å². The third-order valence-electron chi connectivity index (χ3n) is 2.21. The summed E-state index contributed by atoms with van der Waals surface area (Å²) in [5, 5.41) is 0. The van der Waals surface area contributed by atoms with Gasteiger partial charge < -0.3 is 4.55 Å². The van der Waals surface area contributed by atoms with Crippen LogP contribution in [0.5, 0.6) is 0 Å². The number of hydrogen-bond acceptors (Lipinski definition) is 4. The van der Waals surface area contributed by atoms with E-state index in [0.29, 0.717) is 0 Å². The van der Waals surface area contributed by atoms with Crippen molar-refractivity contribution < 1.29 is 16.9 Å². The maximum atomic E-state index is 10.4. The van der Waals surface area contributed by atoms with E-state index in [4.69, 9.17) is 0 Å². The molecular weight excluding hydrogens is 282 g/mol. The third kappa shape index (κ3) is 5.87. The molecule has 0 spiro atoms. The normalized spacial score (nSPS) is 10.5. The molecule has 0 amide bonds. The van der Waals surface area contributed by atoms with Crippen LogP contribution in [0.2, 0.25) is 0 Å². The second kappa shape index (κ2) is 7.28. The standard InChI is InChI=1S/C7H8O3S.C6H8NS/c1-6-2-4-7(5-3-6)11(8,9)10;1-8-7-5-3-2-4-6-7/h2-5H,1H3,(H,8,9,10);2-6H,1H3/q;+1/p-1. The van der Waals surface area contributed by atoms with Gasteiger partial charge in [0.1, 0.15) is 10.1 Å². The first-order chi connectivity index (χ1) is 8.93. The van der Waals surface area contributed by atoms with Crippen LogP contribution in [0, 0.1) is 6.92 Å². The Morgan fingerprint density at radius 3 is 1.95 bits per heavy atom. The van der Waals surface area contributed by atoms with Gasteiger partial charge in [0.15, 0.2) is 24.3 Å². The fourth-order valence-corrected chi connectivity index (χ4v) is 2.06. The fraction of sp³-hybridized carbons (Fsp3) is 0.154. The van der Waals surface area contributed by atoms with E-state index in [2.05, 4.69) is 0 Å². The minimum absolute atomic E-state index is 0.178. The van der Waals surface area contributed by atoms with Gasteiger partial charge in [-0.05, 0) is 19.1 Å². The lowest BCUT2D eigenvalue weighted by Crippen LogP contribution is -2.21. The van der Waals surface area contributed by atoms with E-state index < -0.39 is 10.1 Å². The largest absolute Gasteiger partial charge is 0.744 e. The molecule has 0 saturated heterocycles. The van der Waals surface area contributed by atoms with Crippen LogP contribution in [0.1, 0.15) is 5.56 Å². The van der Waals surface area contributed by atoms with E-state index in [1.807, 2.05) is 47.7 Å². The van der Waals surface area contributed by atoms with Crippen LogP contribution in [0.15, 0.2) is 59.8 Å². The molecule has 0 bridgehead atoms. The summed E-state index contributed by atoms with van der Waals surface area (Å²) in [5.41, 5.74) is 0.928. The molecule has 102 valence electrons. The highest BCUT2D eigenvalue weighted by molar-refractivity contribution is 7.92. The van der Waals surface area contributed by atoms with E-state index in [1.54, 1.807) is 24.1 Å². The number of hydrogen-bond donors (Lipinski definition) is 0. The number of nitrogens with zero attached hydrogens (tertiary/aromatic N) is 1. The molecule has 0 aliphatic heterocycles. The molecule has 1 heterocycles. The lowest BCUT2D eigenvalue weighted by Gasteiger charge is -2.05. The fourth-order valence-electron chi connectivity index (χ4n) is 1.21. The molecule has 0 fully saturated rings. The summed E-state index contributed by atoms with van der Waals surface area (Å²) in [4.78, 5) is -0.178. The highest BCUT2D eigenvalue weighted by Crippen LogP contribution is 2.08. The highest BCUT2D eigenvalue weighted by Gasteiger charge is 1.97. The molecule has 1 aromatic carbocycles. The maximum absolute atomic E-state index is 10.4. The first-order valence-electron chi connectivity index (χ1n) is 5.47. The number of pyridine rings is 1. The molecule has 0 radical (unpaired) electrons. The average Bonchev–Trinajstić information content (AvgIpc) is 2.40. The second-order valence-corrected chi connectivity index (χ2v) is 5.85. The Hall–Kier alpha value is -1.37. The third-order valence-corrected chi connectivity index (χ3v) is 3.72. The molecule has 4 nitrogen and oxygen atoms in total. The Bertz CT molecular complexity index is 596. The Morgan fingerprint density at radius 1 is 1.05 bits per heavy atom. The molecule has 0 unspecified atom stereocenters. The van der Waals surface area contributed by atoms with E-state index in [-0.39, 0.29) is 4.90 Å². The molecule has 0 aliphatic carbocycles. The Balaban J connectivity index is 0.000000200. The van der Waals surface area contributed by atoms with Gasteiger partial charge in [0.25, 0.3) is 0 Å². The van der Waals surface area contributed by atoms with Crippen LogP contribution in [0.3, 0.4) is 0 Å². The van der Waals surface area contributed by atoms with Crippen molar-refractivity contribution in [2.75, 3.05) is 6.26 Å². The number of rotatable bonds is 2. The topological polar surface area (TPSA) is 61.1 Å². The van der Waals surface area contributed by atoms with Crippen molar-refractivity contribution in [3.8, 4) is 0 Å². The molecule has 1 aromatic heterocycles. The predicted molar refractivity (Wildman–Crippen MR) is 74.7 cm³/mol. The van der Waals surface area contributed by atoms with Gasteiger partial charge in [-0.1, -0.05) is 23.8 Å². The Labute approximate surface area is 118 Å². The van der Waals surface area contributed by atoms with Gasteiger partial charge in [0.05, 0.1) is 4.90 Å². The molecule has 0 saturated carbocycles. The van der Waals surface area contributed by atoms with Crippen LogP contribution in [-0.2, 0) is 10.1 Å². The van der Waals surface area contributed by atoms with Gasteiger partial charge in [-0.15, -0.1) is 3.97 Å². The zero-order chi connectivity index (χ0) is 14.3. The molecule has 19 heavy (non-hydrogen) atoms. The Kier molecular flexibility index (Phi) is 6.01. The van der Waals surface area contributed by atoms with Crippen LogP contribution < -0.4 is 3.97 Å². The molecule has 2 rings (SSSR count). The van der Waals surface area contributed by atoms with Crippen LogP contribution in [0.25, 0.3) is 0 Å². The molecule has 0 atom stereocenters. The summed E-state index contributed by atoms with van der Waals surface area (Å²) in [6.07, 6.45) is 6.08. The van der Waals surface area contributed by atoms with Gasteiger partial charge in [0, 0.05) is 18.4 Å². The van der Waals surface area contributed by atoms with Gasteiger partial charge in [-0.3, -0.25) is 0 Å². The lowest BCUT2D eigenvalue weighted by molar-refractivity contribution is -0.493. The van der Waals surface area contributed by atoms with Crippen LogP contribution in [-0.4, -0.2) is 19.2 Å². The zero-order valence-corrected chi connectivity index (χ0v) is 12.3. The molecule has 2 aromatic rings. The first kappa shape index (κ1) is 15.7. The quantitative estimate of drug-likeness (QED) is 0.628. The number of benzene rings is 1. The average molecular weight is 297 g/mol. The van der Waals surface area contributed by atoms with Crippen molar-refractivity contribution >= 4 is 22.1 Å². The minimum Gasteiger partial charge on any atom is -0.744 e. The van der Waals surface area contributed by atoms with E-state index in [1.165, 1.54) is 12.1 Å². The SMILES string of the molecule is CS[n+]1ccccc1.Cc1ccc(S(=O)(=O)[O-])cc1. The van der Waals surface area contributed by atoms with Crippen molar-refractivity contribution in [1.29, 1.82) is 0 Å². The van der Waals surface area contributed by atoms with E-state index in [9.17, 15) is 13.0 Å². The summed E-state index contributed by atoms with van der Waals surface area (Å²) in [6, 6.07) is 11.8. The minimum atomic E-state index is -4.27. The highest BCUT2D eigenvalue weighted by atomic mass is 32.2. The predicted octanol–water partition coefficient (Wildman–Crippen LogP) is 2.00. The van der Waals surface area contributed by atoms with Gasteiger partial charge >= 0.3 is 0 Å². The van der Waals surface area contributed by atoms with Crippen molar-refractivity contribution in [2.24, 2.45) is 0 Å². The monoisotopic (exact) mass is 297 g/mol. The van der Waals surface area contributed by atoms with Crippen LogP contribution >= 0.6 is 11.9 Å². The van der Waals surface area contributed by atoms with E-state index in [0.717, 1.165) is 5.56 Å². The molecule has 0 aliphatic rings. The summed E-state index contributed by atoms with van der Waals surface area (Å²) in [6.45, 7) is 1.82. The lowest BCUT2D eigenvalue weighted by atomic mass is 10.2. The zero-order valence-electron chi connectivity index (χ0n) is 10.7. The molecule has 0 N–H and O–H groups in total. The van der Waals surface area contributed by atoms with Gasteiger partial charge in [-0.25, -0.2) is 8.42 Å². The summed E-state index contributed by atoms with van der Waals surface area (Å²) < 4.78 is 33.2. The first-order valence-corrected chi connectivity index (χ1v) is 8.06. The smallest absolute Gasteiger partial charge is 0.183 e. The summed E-state index contributed by atoms with van der Waals surface area (Å²) in [7, 11) is -4.27. The Morgan fingerprint density at radius 2 is 1.58 bits per heavy atom. The number of aryl methyl sites for hydroxylation is 1. The van der Waals surface area contributed by atoms with Gasteiger partial charge in [-0.2, -0.15) is 0 Å².